The smallest absolute Gasteiger partial charge is 0.243 e. The lowest BCUT2D eigenvalue weighted by Crippen LogP contribution is -2.53. The summed E-state index contributed by atoms with van der Waals surface area (Å²) in [5.41, 5.74) is 0.803. The predicted molar refractivity (Wildman–Crippen MR) is 132 cm³/mol. The molecule has 2 amide bonds. The van der Waals surface area contributed by atoms with E-state index >= 15 is 0 Å². The van der Waals surface area contributed by atoms with Gasteiger partial charge in [0.2, 0.25) is 11.8 Å². The Morgan fingerprint density at radius 3 is 2.41 bits per heavy atom. The van der Waals surface area contributed by atoms with E-state index in [1.807, 2.05) is 27.7 Å². The number of hydrogen-bond acceptors (Lipinski definition) is 3. The molecule has 0 radical (unpaired) electrons. The normalized spacial score (nSPS) is 12.3. The van der Waals surface area contributed by atoms with Gasteiger partial charge in [-0.05, 0) is 56.5 Å². The maximum Gasteiger partial charge on any atom is 0.243 e. The van der Waals surface area contributed by atoms with E-state index < -0.39 is 11.6 Å². The van der Waals surface area contributed by atoms with Gasteiger partial charge in [-0.25, -0.2) is 4.39 Å². The third kappa shape index (κ3) is 7.98. The molecule has 1 atom stereocenters. The Morgan fingerprint density at radius 2 is 1.81 bits per heavy atom. The molecular weight excluding hydrogens is 470 g/mol. The molecule has 0 aliphatic carbocycles. The van der Waals surface area contributed by atoms with Crippen molar-refractivity contribution in [3.63, 3.8) is 0 Å². The van der Waals surface area contributed by atoms with Crippen molar-refractivity contribution in [1.29, 1.82) is 0 Å². The van der Waals surface area contributed by atoms with Gasteiger partial charge in [-0.2, -0.15) is 0 Å². The number of nitrogens with one attached hydrogen (secondary N) is 1. The van der Waals surface area contributed by atoms with Crippen LogP contribution in [0.4, 0.5) is 4.39 Å². The van der Waals surface area contributed by atoms with Crippen LogP contribution in [-0.2, 0) is 21.9 Å². The van der Waals surface area contributed by atoms with E-state index in [0.29, 0.717) is 33.3 Å². The summed E-state index contributed by atoms with van der Waals surface area (Å²) in [5.74, 6) is -0.267. The first-order chi connectivity index (χ1) is 15.0. The van der Waals surface area contributed by atoms with Crippen LogP contribution < -0.4 is 5.32 Å². The lowest BCUT2D eigenvalue weighted by molar-refractivity contribution is -0.140. The molecule has 1 N–H and O–H groups in total. The van der Waals surface area contributed by atoms with E-state index in [1.165, 1.54) is 17.8 Å². The van der Waals surface area contributed by atoms with E-state index in [2.05, 4.69) is 5.32 Å². The molecule has 0 saturated heterocycles. The van der Waals surface area contributed by atoms with Gasteiger partial charge in [0.05, 0.1) is 5.75 Å². The van der Waals surface area contributed by atoms with Crippen LogP contribution >= 0.6 is 35.0 Å². The Morgan fingerprint density at radius 1 is 1.12 bits per heavy atom. The van der Waals surface area contributed by atoms with Crippen molar-refractivity contribution in [2.24, 2.45) is 0 Å². The molecule has 2 aromatic rings. The van der Waals surface area contributed by atoms with Crippen LogP contribution in [0.15, 0.2) is 42.5 Å². The number of benzene rings is 2. The van der Waals surface area contributed by atoms with Gasteiger partial charge in [0.25, 0.3) is 0 Å². The van der Waals surface area contributed by atoms with Crippen molar-refractivity contribution in [2.75, 3.05) is 5.75 Å². The third-order valence-corrected chi connectivity index (χ3v) is 6.23. The molecule has 0 unspecified atom stereocenters. The molecule has 0 saturated carbocycles. The second-order valence-corrected chi connectivity index (χ2v) is 10.3. The number of amides is 2. The van der Waals surface area contributed by atoms with Crippen molar-refractivity contribution < 1.29 is 14.0 Å². The number of carbonyl (C=O) groups excluding carboxylic acids is 2. The highest BCUT2D eigenvalue weighted by Gasteiger charge is 2.31. The molecule has 0 bridgehead atoms. The Labute approximate surface area is 203 Å². The summed E-state index contributed by atoms with van der Waals surface area (Å²) in [5, 5.41) is 3.89. The molecule has 0 aliphatic heterocycles. The highest BCUT2D eigenvalue weighted by atomic mass is 35.5. The molecule has 0 heterocycles. The van der Waals surface area contributed by atoms with Gasteiger partial charge in [-0.3, -0.25) is 9.59 Å². The van der Waals surface area contributed by atoms with Crippen LogP contribution in [-0.4, -0.2) is 34.0 Å². The van der Waals surface area contributed by atoms with E-state index in [0.717, 1.165) is 0 Å². The fourth-order valence-electron chi connectivity index (χ4n) is 3.15. The number of rotatable bonds is 9. The van der Waals surface area contributed by atoms with Crippen LogP contribution in [0.5, 0.6) is 0 Å². The summed E-state index contributed by atoms with van der Waals surface area (Å²) < 4.78 is 13.9. The van der Waals surface area contributed by atoms with Crippen molar-refractivity contribution in [2.45, 2.75) is 58.0 Å². The zero-order valence-corrected chi connectivity index (χ0v) is 21.1. The first kappa shape index (κ1) is 26.5. The Kier molecular flexibility index (Phi) is 9.86. The molecule has 4 nitrogen and oxygen atoms in total. The summed E-state index contributed by atoms with van der Waals surface area (Å²) in [6.07, 6.45) is 0.441. The predicted octanol–water partition coefficient (Wildman–Crippen LogP) is 6.09. The van der Waals surface area contributed by atoms with Crippen molar-refractivity contribution in [1.82, 2.24) is 10.2 Å². The minimum atomic E-state index is -0.664. The molecule has 32 heavy (non-hydrogen) atoms. The second-order valence-electron chi connectivity index (χ2n) is 8.50. The molecule has 174 valence electrons. The average molecular weight is 499 g/mol. The molecule has 0 aromatic heterocycles. The zero-order chi connectivity index (χ0) is 23.9. The molecule has 2 aromatic carbocycles. The number of nitrogens with zero attached hydrogens (tertiary/aromatic N) is 1. The maximum absolute atomic E-state index is 13.9. The monoisotopic (exact) mass is 498 g/mol. The number of thioether (sulfide) groups is 1. The molecule has 0 fully saturated rings. The van der Waals surface area contributed by atoms with Crippen molar-refractivity contribution in [3.05, 3.63) is 69.5 Å². The minimum Gasteiger partial charge on any atom is -0.350 e. The SMILES string of the molecule is CC[C@@H](C(=O)NC(C)(C)C)N(Cc1ccc(Cl)cc1Cl)C(=O)CSCc1ccccc1F. The van der Waals surface area contributed by atoms with Crippen LogP contribution in [0.3, 0.4) is 0 Å². The van der Waals surface area contributed by atoms with Gasteiger partial charge in [0, 0.05) is 27.9 Å². The zero-order valence-electron chi connectivity index (χ0n) is 18.8. The van der Waals surface area contributed by atoms with E-state index in [9.17, 15) is 14.0 Å². The Bertz CT molecular complexity index is 950. The largest absolute Gasteiger partial charge is 0.350 e. The summed E-state index contributed by atoms with van der Waals surface area (Å²) in [6, 6.07) is 10.9. The maximum atomic E-state index is 13.9. The number of halogens is 3. The van der Waals surface area contributed by atoms with Gasteiger partial charge < -0.3 is 10.2 Å². The third-order valence-electron chi connectivity index (χ3n) is 4.68. The molecule has 0 spiro atoms. The van der Waals surface area contributed by atoms with Gasteiger partial charge in [-0.15, -0.1) is 11.8 Å². The van der Waals surface area contributed by atoms with Crippen LogP contribution in [0.2, 0.25) is 10.0 Å². The Hall–Kier alpha value is -1.76. The van der Waals surface area contributed by atoms with Crippen LogP contribution in [0.25, 0.3) is 0 Å². The first-order valence-corrected chi connectivity index (χ1v) is 12.3. The summed E-state index contributed by atoms with van der Waals surface area (Å²) in [6.45, 7) is 7.71. The first-order valence-electron chi connectivity index (χ1n) is 10.4. The van der Waals surface area contributed by atoms with Crippen LogP contribution in [0, 0.1) is 5.82 Å². The highest BCUT2D eigenvalue weighted by Crippen LogP contribution is 2.25. The highest BCUT2D eigenvalue weighted by molar-refractivity contribution is 7.99. The fourth-order valence-corrected chi connectivity index (χ4v) is 4.52. The van der Waals surface area contributed by atoms with Gasteiger partial charge >= 0.3 is 0 Å². The minimum absolute atomic E-state index is 0.110. The number of hydrogen-bond donors (Lipinski definition) is 1. The summed E-state index contributed by atoms with van der Waals surface area (Å²) in [4.78, 5) is 27.8. The van der Waals surface area contributed by atoms with Gasteiger partial charge in [0.1, 0.15) is 11.9 Å². The molecule has 2 rings (SSSR count). The molecular formula is C24H29Cl2FN2O2S. The summed E-state index contributed by atoms with van der Waals surface area (Å²) in [7, 11) is 0. The summed E-state index contributed by atoms with van der Waals surface area (Å²) >= 11 is 13.7. The quantitative estimate of drug-likeness (QED) is 0.455. The standard InChI is InChI=1S/C24H29Cl2FN2O2S/c1-5-21(23(31)28-24(2,3)4)29(13-16-10-11-18(25)12-19(16)26)22(30)15-32-14-17-8-6-7-9-20(17)27/h6-12,21H,5,13-15H2,1-4H3,(H,28,31)/t21-/m0/s1. The molecule has 8 heteroatoms. The van der Waals surface area contributed by atoms with Crippen LogP contribution in [0.1, 0.15) is 45.2 Å². The lowest BCUT2D eigenvalue weighted by Gasteiger charge is -2.33. The van der Waals surface area contributed by atoms with Gasteiger partial charge in [-0.1, -0.05) is 54.4 Å². The van der Waals surface area contributed by atoms with Crippen molar-refractivity contribution in [3.8, 4) is 0 Å². The van der Waals surface area contributed by atoms with E-state index in [4.69, 9.17) is 23.2 Å². The second kappa shape index (κ2) is 11.9. The van der Waals surface area contributed by atoms with Gasteiger partial charge in [0.15, 0.2) is 0 Å². The Balaban J connectivity index is 2.22. The molecule has 0 aliphatic rings. The van der Waals surface area contributed by atoms with E-state index in [1.54, 1.807) is 41.3 Å². The number of carbonyl (C=O) groups is 2. The lowest BCUT2D eigenvalue weighted by atomic mass is 10.1. The van der Waals surface area contributed by atoms with E-state index in [-0.39, 0.29) is 29.9 Å². The average Bonchev–Trinajstić information content (AvgIpc) is 2.69. The topological polar surface area (TPSA) is 49.4 Å². The van der Waals surface area contributed by atoms with Crippen molar-refractivity contribution >= 4 is 46.8 Å². The fraction of sp³-hybridized carbons (Fsp3) is 0.417.